The number of carbonyl (C=O) groups excluding carboxylic acids is 1. The molecule has 1 unspecified atom stereocenters. The second kappa shape index (κ2) is 6.12. The molecule has 0 aliphatic rings. The van der Waals surface area contributed by atoms with Crippen molar-refractivity contribution in [2.45, 2.75) is 25.9 Å². The molecule has 0 aromatic carbocycles. The Balaban J connectivity index is 2.33. The minimum absolute atomic E-state index is 0.362. The standard InChI is InChI=1S/C10H14N2O3S/c1-2-8(9(13)14)12-10(15)11-5-7-3-4-16-6-7/h3-4,6,8H,2,5H2,1H3,(H,13,14)(H2,11,12,15). The van der Waals surface area contributed by atoms with Crippen molar-refractivity contribution in [2.75, 3.05) is 0 Å². The van der Waals surface area contributed by atoms with Crippen LogP contribution in [-0.4, -0.2) is 23.1 Å². The van der Waals surface area contributed by atoms with Gasteiger partial charge in [0.1, 0.15) is 6.04 Å². The number of urea groups is 1. The Kier molecular flexibility index (Phi) is 4.78. The molecule has 0 aliphatic carbocycles. The van der Waals surface area contributed by atoms with Gasteiger partial charge in [0.2, 0.25) is 0 Å². The fourth-order valence-electron chi connectivity index (χ4n) is 1.12. The molecule has 1 aromatic rings. The van der Waals surface area contributed by atoms with Crippen molar-refractivity contribution in [1.29, 1.82) is 0 Å². The van der Waals surface area contributed by atoms with E-state index >= 15 is 0 Å². The van der Waals surface area contributed by atoms with E-state index in [2.05, 4.69) is 10.6 Å². The Bertz CT molecular complexity index is 351. The van der Waals surface area contributed by atoms with Crippen molar-refractivity contribution in [3.8, 4) is 0 Å². The van der Waals surface area contributed by atoms with Crippen LogP contribution in [0.4, 0.5) is 4.79 Å². The SMILES string of the molecule is CCC(NC(=O)NCc1ccsc1)C(=O)O. The maximum absolute atomic E-state index is 11.3. The number of thiophene rings is 1. The molecule has 0 saturated carbocycles. The summed E-state index contributed by atoms with van der Waals surface area (Å²) >= 11 is 1.55. The van der Waals surface area contributed by atoms with Gasteiger partial charge in [0, 0.05) is 6.54 Å². The number of hydrogen-bond acceptors (Lipinski definition) is 3. The number of carboxylic acid groups (broad SMARTS) is 1. The van der Waals surface area contributed by atoms with E-state index in [0.717, 1.165) is 5.56 Å². The Morgan fingerprint density at radius 2 is 2.31 bits per heavy atom. The van der Waals surface area contributed by atoms with Gasteiger partial charge in [-0.3, -0.25) is 0 Å². The van der Waals surface area contributed by atoms with Crippen molar-refractivity contribution in [1.82, 2.24) is 10.6 Å². The first-order chi connectivity index (χ1) is 7.63. The molecule has 1 atom stereocenters. The maximum Gasteiger partial charge on any atom is 0.326 e. The quantitative estimate of drug-likeness (QED) is 0.730. The molecular formula is C10H14N2O3S. The topological polar surface area (TPSA) is 78.4 Å². The van der Waals surface area contributed by atoms with Crippen LogP contribution < -0.4 is 10.6 Å². The lowest BCUT2D eigenvalue weighted by Crippen LogP contribution is -2.45. The first-order valence-electron chi connectivity index (χ1n) is 4.91. The normalized spacial score (nSPS) is 11.8. The van der Waals surface area contributed by atoms with E-state index in [-0.39, 0.29) is 0 Å². The highest BCUT2D eigenvalue weighted by Crippen LogP contribution is 2.04. The lowest BCUT2D eigenvalue weighted by Gasteiger charge is -2.12. The van der Waals surface area contributed by atoms with Crippen LogP contribution in [0.5, 0.6) is 0 Å². The average molecular weight is 242 g/mol. The van der Waals surface area contributed by atoms with Crippen molar-refractivity contribution in [2.24, 2.45) is 0 Å². The average Bonchev–Trinajstić information content (AvgIpc) is 2.75. The Hall–Kier alpha value is -1.56. The van der Waals surface area contributed by atoms with Crippen LogP contribution in [0.2, 0.25) is 0 Å². The van der Waals surface area contributed by atoms with Crippen molar-refractivity contribution in [3.63, 3.8) is 0 Å². The van der Waals surface area contributed by atoms with Gasteiger partial charge in [-0.2, -0.15) is 11.3 Å². The molecule has 0 bridgehead atoms. The minimum atomic E-state index is -1.02. The first kappa shape index (κ1) is 12.5. The smallest absolute Gasteiger partial charge is 0.326 e. The first-order valence-corrected chi connectivity index (χ1v) is 5.86. The van der Waals surface area contributed by atoms with E-state index in [9.17, 15) is 9.59 Å². The zero-order chi connectivity index (χ0) is 12.0. The summed E-state index contributed by atoms with van der Waals surface area (Å²) < 4.78 is 0. The second-order valence-corrected chi connectivity index (χ2v) is 4.04. The molecule has 0 spiro atoms. The molecule has 1 aromatic heterocycles. The summed E-state index contributed by atoms with van der Waals surface area (Å²) in [7, 11) is 0. The number of nitrogens with one attached hydrogen (secondary N) is 2. The van der Waals surface area contributed by atoms with E-state index in [4.69, 9.17) is 5.11 Å². The molecule has 0 aliphatic heterocycles. The summed E-state index contributed by atoms with van der Waals surface area (Å²) in [6, 6.07) is 0.613. The van der Waals surface area contributed by atoms with Gasteiger partial charge in [-0.05, 0) is 28.8 Å². The third-order valence-corrected chi connectivity index (χ3v) is 2.78. The molecule has 16 heavy (non-hydrogen) atoms. The van der Waals surface area contributed by atoms with Crippen molar-refractivity contribution < 1.29 is 14.7 Å². The zero-order valence-corrected chi connectivity index (χ0v) is 9.71. The zero-order valence-electron chi connectivity index (χ0n) is 8.90. The van der Waals surface area contributed by atoms with E-state index in [1.807, 2.05) is 16.8 Å². The van der Waals surface area contributed by atoms with E-state index < -0.39 is 18.0 Å². The molecule has 88 valence electrons. The predicted molar refractivity (Wildman–Crippen MR) is 61.4 cm³/mol. The lowest BCUT2D eigenvalue weighted by atomic mass is 10.2. The van der Waals surface area contributed by atoms with E-state index in [1.54, 1.807) is 18.3 Å². The third kappa shape index (κ3) is 3.90. The van der Waals surface area contributed by atoms with Gasteiger partial charge in [-0.15, -0.1) is 0 Å². The highest BCUT2D eigenvalue weighted by Gasteiger charge is 2.16. The van der Waals surface area contributed by atoms with Gasteiger partial charge in [0.15, 0.2) is 0 Å². The highest BCUT2D eigenvalue weighted by atomic mass is 32.1. The fraction of sp³-hybridized carbons (Fsp3) is 0.400. The molecule has 0 radical (unpaired) electrons. The molecule has 1 rings (SSSR count). The maximum atomic E-state index is 11.3. The number of hydrogen-bond donors (Lipinski definition) is 3. The number of amides is 2. The van der Waals surface area contributed by atoms with Crippen molar-refractivity contribution in [3.05, 3.63) is 22.4 Å². The van der Waals surface area contributed by atoms with Gasteiger partial charge >= 0.3 is 12.0 Å². The van der Waals surface area contributed by atoms with E-state index in [1.165, 1.54) is 0 Å². The molecule has 1 heterocycles. The Morgan fingerprint density at radius 1 is 1.56 bits per heavy atom. The number of carbonyl (C=O) groups is 2. The largest absolute Gasteiger partial charge is 0.480 e. The summed E-state index contributed by atoms with van der Waals surface area (Å²) in [5, 5.41) is 17.6. The summed E-state index contributed by atoms with van der Waals surface area (Å²) in [5.74, 6) is -1.02. The van der Waals surface area contributed by atoms with Gasteiger partial charge in [-0.25, -0.2) is 9.59 Å². The molecule has 3 N–H and O–H groups in total. The fourth-order valence-corrected chi connectivity index (χ4v) is 1.79. The lowest BCUT2D eigenvalue weighted by molar-refractivity contribution is -0.139. The molecule has 0 saturated heterocycles. The van der Waals surface area contributed by atoms with Crippen molar-refractivity contribution >= 4 is 23.3 Å². The third-order valence-electron chi connectivity index (χ3n) is 2.04. The Labute approximate surface area is 97.5 Å². The van der Waals surface area contributed by atoms with Gasteiger partial charge in [0.25, 0.3) is 0 Å². The monoisotopic (exact) mass is 242 g/mol. The predicted octanol–water partition coefficient (Wildman–Crippen LogP) is 1.41. The highest BCUT2D eigenvalue weighted by molar-refractivity contribution is 7.07. The molecule has 5 nitrogen and oxygen atoms in total. The number of rotatable bonds is 5. The van der Waals surface area contributed by atoms with Crippen LogP contribution in [0.25, 0.3) is 0 Å². The van der Waals surface area contributed by atoms with Crippen LogP contribution in [0.15, 0.2) is 16.8 Å². The van der Waals surface area contributed by atoms with Crippen LogP contribution in [0, 0.1) is 0 Å². The Morgan fingerprint density at radius 3 is 2.81 bits per heavy atom. The second-order valence-electron chi connectivity index (χ2n) is 3.26. The van der Waals surface area contributed by atoms with Crippen LogP contribution in [-0.2, 0) is 11.3 Å². The van der Waals surface area contributed by atoms with Gasteiger partial charge < -0.3 is 15.7 Å². The molecule has 6 heteroatoms. The van der Waals surface area contributed by atoms with E-state index in [0.29, 0.717) is 13.0 Å². The number of aliphatic carboxylic acids is 1. The number of carboxylic acids is 1. The summed E-state index contributed by atoms with van der Waals surface area (Å²) in [6.07, 6.45) is 0.362. The summed E-state index contributed by atoms with van der Waals surface area (Å²) in [4.78, 5) is 22.0. The van der Waals surface area contributed by atoms with Crippen LogP contribution >= 0.6 is 11.3 Å². The molecule has 2 amide bonds. The minimum Gasteiger partial charge on any atom is -0.480 e. The molecular weight excluding hydrogens is 228 g/mol. The van der Waals surface area contributed by atoms with Crippen LogP contribution in [0.3, 0.4) is 0 Å². The van der Waals surface area contributed by atoms with Gasteiger partial charge in [-0.1, -0.05) is 6.92 Å². The summed E-state index contributed by atoms with van der Waals surface area (Å²) in [5.41, 5.74) is 1.00. The van der Waals surface area contributed by atoms with Gasteiger partial charge in [0.05, 0.1) is 0 Å². The molecule has 0 fully saturated rings. The van der Waals surface area contributed by atoms with Crippen LogP contribution in [0.1, 0.15) is 18.9 Å². The summed E-state index contributed by atoms with van der Waals surface area (Å²) in [6.45, 7) is 2.11.